The largest absolute Gasteiger partial charge is 0.368 e. The standard InChI is InChI=1S/C11H15N3S/c1-6-5-13-11(12)14-10(6)9-4-7(2)15-8(9)3/h4-6,10H,1-3H3,(H2,12,14). The Balaban J connectivity index is 2.38. The van der Waals surface area contributed by atoms with E-state index in [2.05, 4.69) is 36.8 Å². The zero-order valence-corrected chi connectivity index (χ0v) is 10.0. The number of aryl methyl sites for hydroxylation is 2. The maximum Gasteiger partial charge on any atom is 0.215 e. The van der Waals surface area contributed by atoms with Crippen LogP contribution in [-0.2, 0) is 0 Å². The second-order valence-electron chi connectivity index (χ2n) is 3.94. The SMILES string of the molecule is Cc1cc(C2N=C(N)N=CC2C)c(C)s1. The van der Waals surface area contributed by atoms with Crippen molar-refractivity contribution in [2.75, 3.05) is 0 Å². The zero-order valence-electron chi connectivity index (χ0n) is 9.19. The van der Waals surface area contributed by atoms with Crippen molar-refractivity contribution in [3.63, 3.8) is 0 Å². The molecule has 0 saturated carbocycles. The molecule has 2 atom stereocenters. The third-order valence-electron chi connectivity index (χ3n) is 2.61. The molecule has 0 aromatic carbocycles. The normalized spacial score (nSPS) is 25.4. The number of rotatable bonds is 1. The summed E-state index contributed by atoms with van der Waals surface area (Å²) in [5.41, 5.74) is 6.93. The summed E-state index contributed by atoms with van der Waals surface area (Å²) in [6, 6.07) is 2.35. The van der Waals surface area contributed by atoms with Gasteiger partial charge in [0, 0.05) is 21.9 Å². The molecule has 80 valence electrons. The van der Waals surface area contributed by atoms with Crippen LogP contribution in [0, 0.1) is 19.8 Å². The highest BCUT2D eigenvalue weighted by molar-refractivity contribution is 7.12. The molecule has 1 aromatic heterocycles. The van der Waals surface area contributed by atoms with Gasteiger partial charge in [0.2, 0.25) is 5.96 Å². The van der Waals surface area contributed by atoms with E-state index in [1.807, 2.05) is 17.6 Å². The number of hydrogen-bond acceptors (Lipinski definition) is 4. The third kappa shape index (κ3) is 1.95. The molecule has 1 aromatic rings. The molecule has 1 aliphatic rings. The van der Waals surface area contributed by atoms with Crippen molar-refractivity contribution in [2.24, 2.45) is 21.6 Å². The summed E-state index contributed by atoms with van der Waals surface area (Å²) >= 11 is 1.81. The van der Waals surface area contributed by atoms with Crippen LogP contribution in [0.25, 0.3) is 0 Å². The van der Waals surface area contributed by atoms with E-state index in [1.165, 1.54) is 15.3 Å². The van der Waals surface area contributed by atoms with Crippen LogP contribution in [0.3, 0.4) is 0 Å². The fourth-order valence-electron chi connectivity index (χ4n) is 1.87. The zero-order chi connectivity index (χ0) is 11.0. The van der Waals surface area contributed by atoms with Gasteiger partial charge in [-0.25, -0.2) is 9.98 Å². The Bertz CT molecular complexity index is 431. The van der Waals surface area contributed by atoms with E-state index in [-0.39, 0.29) is 6.04 Å². The van der Waals surface area contributed by atoms with Crippen molar-refractivity contribution in [1.29, 1.82) is 0 Å². The molecule has 0 amide bonds. The van der Waals surface area contributed by atoms with Gasteiger partial charge in [0.25, 0.3) is 0 Å². The van der Waals surface area contributed by atoms with Crippen LogP contribution in [0.5, 0.6) is 0 Å². The van der Waals surface area contributed by atoms with E-state index < -0.39 is 0 Å². The van der Waals surface area contributed by atoms with Gasteiger partial charge >= 0.3 is 0 Å². The fraction of sp³-hybridized carbons (Fsp3) is 0.455. The molecule has 0 radical (unpaired) electrons. The van der Waals surface area contributed by atoms with Gasteiger partial charge in [-0.1, -0.05) is 6.92 Å². The van der Waals surface area contributed by atoms with Crippen molar-refractivity contribution in [1.82, 2.24) is 0 Å². The molecule has 0 saturated heterocycles. The smallest absolute Gasteiger partial charge is 0.215 e. The number of aliphatic imine (C=N–C) groups is 2. The molecule has 2 unspecified atom stereocenters. The van der Waals surface area contributed by atoms with E-state index in [4.69, 9.17) is 5.73 Å². The Labute approximate surface area is 93.8 Å². The van der Waals surface area contributed by atoms with Crippen molar-refractivity contribution in [3.8, 4) is 0 Å². The fourth-order valence-corrected chi connectivity index (χ4v) is 2.83. The van der Waals surface area contributed by atoms with Gasteiger partial charge in [0.1, 0.15) is 0 Å². The van der Waals surface area contributed by atoms with Crippen LogP contribution >= 0.6 is 11.3 Å². The van der Waals surface area contributed by atoms with Crippen LogP contribution in [0.15, 0.2) is 16.1 Å². The maximum atomic E-state index is 5.64. The summed E-state index contributed by atoms with van der Waals surface area (Å²) in [6.45, 7) is 6.38. The molecule has 0 spiro atoms. The van der Waals surface area contributed by atoms with E-state index in [1.54, 1.807) is 0 Å². The van der Waals surface area contributed by atoms with Crippen LogP contribution in [0.4, 0.5) is 0 Å². The number of guanidine groups is 1. The lowest BCUT2D eigenvalue weighted by Gasteiger charge is -2.20. The lowest BCUT2D eigenvalue weighted by atomic mass is 9.95. The van der Waals surface area contributed by atoms with E-state index in [9.17, 15) is 0 Å². The predicted octanol–water partition coefficient (Wildman–Crippen LogP) is 2.44. The molecule has 2 heterocycles. The summed E-state index contributed by atoms with van der Waals surface area (Å²) < 4.78 is 0. The van der Waals surface area contributed by atoms with Crippen molar-refractivity contribution >= 4 is 23.5 Å². The topological polar surface area (TPSA) is 50.7 Å². The van der Waals surface area contributed by atoms with Gasteiger partial charge in [-0.2, -0.15) is 0 Å². The molecule has 4 heteroatoms. The van der Waals surface area contributed by atoms with Gasteiger partial charge in [-0.05, 0) is 25.5 Å². The number of nitrogens with zero attached hydrogens (tertiary/aromatic N) is 2. The first-order valence-electron chi connectivity index (χ1n) is 5.02. The van der Waals surface area contributed by atoms with Crippen LogP contribution < -0.4 is 5.73 Å². The molecule has 1 aliphatic heterocycles. The first-order valence-corrected chi connectivity index (χ1v) is 5.84. The van der Waals surface area contributed by atoms with Gasteiger partial charge in [0.15, 0.2) is 0 Å². The first kappa shape index (κ1) is 10.4. The monoisotopic (exact) mass is 221 g/mol. The molecule has 2 rings (SSSR count). The summed E-state index contributed by atoms with van der Waals surface area (Å²) in [4.78, 5) is 11.1. The lowest BCUT2D eigenvalue weighted by molar-refractivity contribution is 0.599. The minimum absolute atomic E-state index is 0.146. The van der Waals surface area contributed by atoms with Gasteiger partial charge in [-0.3, -0.25) is 0 Å². The Morgan fingerprint density at radius 1 is 1.40 bits per heavy atom. The van der Waals surface area contributed by atoms with Crippen molar-refractivity contribution < 1.29 is 0 Å². The minimum atomic E-state index is 0.146. The maximum absolute atomic E-state index is 5.64. The van der Waals surface area contributed by atoms with E-state index in [0.717, 1.165) is 0 Å². The molecule has 0 fully saturated rings. The number of nitrogens with two attached hydrogens (primary N) is 1. The second-order valence-corrected chi connectivity index (χ2v) is 5.40. The van der Waals surface area contributed by atoms with Gasteiger partial charge < -0.3 is 5.73 Å². The summed E-state index contributed by atoms with van der Waals surface area (Å²) in [6.07, 6.45) is 1.89. The average molecular weight is 221 g/mol. The number of thiophene rings is 1. The molecule has 2 N–H and O–H groups in total. The Morgan fingerprint density at radius 3 is 2.73 bits per heavy atom. The van der Waals surface area contributed by atoms with Crippen LogP contribution in [0.1, 0.15) is 28.3 Å². The summed E-state index contributed by atoms with van der Waals surface area (Å²) in [5.74, 6) is 0.714. The molecule has 0 aliphatic carbocycles. The molecule has 0 bridgehead atoms. The van der Waals surface area contributed by atoms with Crippen molar-refractivity contribution in [2.45, 2.75) is 26.8 Å². The van der Waals surface area contributed by atoms with Crippen LogP contribution in [-0.4, -0.2) is 12.2 Å². The lowest BCUT2D eigenvalue weighted by Crippen LogP contribution is -2.21. The highest BCUT2D eigenvalue weighted by atomic mass is 32.1. The Morgan fingerprint density at radius 2 is 2.13 bits per heavy atom. The predicted molar refractivity (Wildman–Crippen MR) is 65.8 cm³/mol. The molecule has 15 heavy (non-hydrogen) atoms. The third-order valence-corrected chi connectivity index (χ3v) is 3.59. The highest BCUT2D eigenvalue weighted by Gasteiger charge is 2.23. The second kappa shape index (κ2) is 3.77. The highest BCUT2D eigenvalue weighted by Crippen LogP contribution is 2.33. The summed E-state index contributed by atoms with van der Waals surface area (Å²) in [5, 5.41) is 0. The molecular formula is C11H15N3S. The van der Waals surface area contributed by atoms with Gasteiger partial charge in [-0.15, -0.1) is 11.3 Å². The Kier molecular flexibility index (Phi) is 2.61. The molecule has 3 nitrogen and oxygen atoms in total. The van der Waals surface area contributed by atoms with E-state index in [0.29, 0.717) is 11.9 Å². The average Bonchev–Trinajstić information content (AvgIpc) is 2.50. The van der Waals surface area contributed by atoms with Gasteiger partial charge in [0.05, 0.1) is 6.04 Å². The molecular weight excluding hydrogens is 206 g/mol. The first-order chi connectivity index (χ1) is 7.08. The number of hydrogen-bond donors (Lipinski definition) is 1. The van der Waals surface area contributed by atoms with Crippen LogP contribution in [0.2, 0.25) is 0 Å². The summed E-state index contributed by atoms with van der Waals surface area (Å²) in [7, 11) is 0. The minimum Gasteiger partial charge on any atom is -0.368 e. The quantitative estimate of drug-likeness (QED) is 0.778. The van der Waals surface area contributed by atoms with Crippen molar-refractivity contribution in [3.05, 3.63) is 21.4 Å². The van der Waals surface area contributed by atoms with E-state index >= 15 is 0 Å². The Hall–Kier alpha value is -1.16.